The van der Waals surface area contributed by atoms with E-state index in [2.05, 4.69) is 9.47 Å². The first-order valence-electron chi connectivity index (χ1n) is 6.60. The van der Waals surface area contributed by atoms with Crippen LogP contribution in [0.3, 0.4) is 0 Å². The molecule has 0 aliphatic carbocycles. The fraction of sp³-hybridized carbons (Fsp3) is 0. The molecule has 0 spiro atoms. The van der Waals surface area contributed by atoms with E-state index in [1.54, 1.807) is 12.2 Å². The first kappa shape index (κ1) is 15.3. The van der Waals surface area contributed by atoms with E-state index in [1.165, 1.54) is 0 Å². The lowest BCUT2D eigenvalue weighted by Crippen LogP contribution is -2.15. The molecule has 4 heteroatoms. The van der Waals surface area contributed by atoms with Gasteiger partial charge >= 0.3 is 11.9 Å². The zero-order valence-corrected chi connectivity index (χ0v) is 11.7. The predicted molar refractivity (Wildman–Crippen MR) is 83.1 cm³/mol. The zero-order chi connectivity index (χ0) is 15.6. The summed E-state index contributed by atoms with van der Waals surface area (Å²) in [7, 11) is 0. The van der Waals surface area contributed by atoms with Gasteiger partial charge in [0.1, 0.15) is 0 Å². The number of ether oxygens (including phenoxy) is 2. The van der Waals surface area contributed by atoms with E-state index in [4.69, 9.17) is 0 Å². The lowest BCUT2D eigenvalue weighted by Gasteiger charge is -1.97. The molecule has 0 aliphatic rings. The molecule has 0 saturated carbocycles. The normalized spacial score (nSPS) is 10.7. The standard InChI is InChI=1S/C18H14O4/c19-17(21-13-11-15-7-3-1-4-8-15)18(20)22-14-12-16-9-5-2-6-10-16/h1-14H. The predicted octanol–water partition coefficient (Wildman–Crippen LogP) is 3.41. The summed E-state index contributed by atoms with van der Waals surface area (Å²) in [6, 6.07) is 18.5. The van der Waals surface area contributed by atoms with Crippen molar-refractivity contribution in [2.24, 2.45) is 0 Å². The number of rotatable bonds is 4. The quantitative estimate of drug-likeness (QED) is 0.492. The molecule has 0 aromatic heterocycles. The molecule has 0 saturated heterocycles. The van der Waals surface area contributed by atoms with Crippen LogP contribution >= 0.6 is 0 Å². The third kappa shape index (κ3) is 5.09. The van der Waals surface area contributed by atoms with Gasteiger partial charge < -0.3 is 9.47 Å². The van der Waals surface area contributed by atoms with Crippen molar-refractivity contribution >= 4 is 24.1 Å². The van der Waals surface area contributed by atoms with Crippen LogP contribution in [0.4, 0.5) is 0 Å². The smallest absolute Gasteiger partial charge is 0.422 e. The Morgan fingerprint density at radius 2 is 1.00 bits per heavy atom. The van der Waals surface area contributed by atoms with Crippen molar-refractivity contribution in [1.82, 2.24) is 0 Å². The Morgan fingerprint density at radius 3 is 1.36 bits per heavy atom. The van der Waals surface area contributed by atoms with E-state index in [0.717, 1.165) is 23.7 Å². The van der Waals surface area contributed by atoms with Crippen molar-refractivity contribution in [2.75, 3.05) is 0 Å². The fourth-order valence-electron chi connectivity index (χ4n) is 1.57. The van der Waals surface area contributed by atoms with Gasteiger partial charge in [0.15, 0.2) is 0 Å². The Morgan fingerprint density at radius 1 is 0.636 bits per heavy atom. The molecular weight excluding hydrogens is 280 g/mol. The molecule has 0 amide bonds. The lowest BCUT2D eigenvalue weighted by atomic mass is 10.2. The van der Waals surface area contributed by atoms with Gasteiger partial charge in [-0.3, -0.25) is 0 Å². The minimum Gasteiger partial charge on any atom is -0.426 e. The second-order valence-corrected chi connectivity index (χ2v) is 4.24. The van der Waals surface area contributed by atoms with Crippen LogP contribution in [-0.4, -0.2) is 11.9 Å². The number of carbonyl (C=O) groups is 2. The molecule has 2 rings (SSSR count). The molecule has 0 fully saturated rings. The molecule has 0 atom stereocenters. The average Bonchev–Trinajstić information content (AvgIpc) is 2.56. The third-order valence-electron chi connectivity index (χ3n) is 2.64. The van der Waals surface area contributed by atoms with Crippen LogP contribution in [0.2, 0.25) is 0 Å². The molecule has 2 aromatic carbocycles. The maximum Gasteiger partial charge on any atom is 0.422 e. The summed E-state index contributed by atoms with van der Waals surface area (Å²) >= 11 is 0. The second kappa shape index (κ2) is 8.21. The highest BCUT2D eigenvalue weighted by molar-refractivity contribution is 6.30. The maximum absolute atomic E-state index is 11.4. The monoisotopic (exact) mass is 294 g/mol. The summed E-state index contributed by atoms with van der Waals surface area (Å²) < 4.78 is 9.37. The summed E-state index contributed by atoms with van der Waals surface area (Å²) in [6.45, 7) is 0. The zero-order valence-electron chi connectivity index (χ0n) is 11.7. The van der Waals surface area contributed by atoms with Gasteiger partial charge in [-0.05, 0) is 23.3 Å². The highest BCUT2D eigenvalue weighted by Crippen LogP contribution is 2.02. The van der Waals surface area contributed by atoms with E-state index >= 15 is 0 Å². The van der Waals surface area contributed by atoms with Gasteiger partial charge in [-0.15, -0.1) is 0 Å². The number of esters is 2. The van der Waals surface area contributed by atoms with Crippen molar-refractivity contribution in [3.63, 3.8) is 0 Å². The van der Waals surface area contributed by atoms with Crippen molar-refractivity contribution in [2.45, 2.75) is 0 Å². The second-order valence-electron chi connectivity index (χ2n) is 4.24. The van der Waals surface area contributed by atoms with Crippen molar-refractivity contribution < 1.29 is 19.1 Å². The minimum atomic E-state index is -1.08. The van der Waals surface area contributed by atoms with E-state index in [0.29, 0.717) is 0 Å². The average molecular weight is 294 g/mol. The molecular formula is C18H14O4. The van der Waals surface area contributed by atoms with Crippen LogP contribution in [0.15, 0.2) is 73.2 Å². The lowest BCUT2D eigenvalue weighted by molar-refractivity contribution is -0.160. The van der Waals surface area contributed by atoms with Crippen LogP contribution in [0.25, 0.3) is 12.2 Å². The van der Waals surface area contributed by atoms with Gasteiger partial charge in [0.2, 0.25) is 0 Å². The van der Waals surface area contributed by atoms with E-state index < -0.39 is 11.9 Å². The molecule has 0 aliphatic heterocycles. The van der Waals surface area contributed by atoms with E-state index in [9.17, 15) is 9.59 Å². The molecule has 4 nitrogen and oxygen atoms in total. The van der Waals surface area contributed by atoms with Crippen LogP contribution in [0.1, 0.15) is 11.1 Å². The van der Waals surface area contributed by atoms with Crippen LogP contribution in [0.5, 0.6) is 0 Å². The van der Waals surface area contributed by atoms with Gasteiger partial charge in [0.25, 0.3) is 0 Å². The van der Waals surface area contributed by atoms with E-state index in [1.807, 2.05) is 60.7 Å². The Hall–Kier alpha value is -3.14. The Balaban J connectivity index is 1.79. The first-order valence-corrected chi connectivity index (χ1v) is 6.60. The van der Waals surface area contributed by atoms with Gasteiger partial charge in [0, 0.05) is 0 Å². The maximum atomic E-state index is 11.4. The van der Waals surface area contributed by atoms with Crippen molar-refractivity contribution in [3.05, 3.63) is 84.3 Å². The first-order chi connectivity index (χ1) is 10.8. The Bertz CT molecular complexity index is 611. The van der Waals surface area contributed by atoms with Crippen LogP contribution in [-0.2, 0) is 19.1 Å². The molecule has 0 bridgehead atoms. The Kier molecular flexibility index (Phi) is 5.70. The number of carbonyl (C=O) groups excluding carboxylic acids is 2. The molecule has 22 heavy (non-hydrogen) atoms. The molecule has 0 heterocycles. The highest BCUT2D eigenvalue weighted by atomic mass is 16.6. The summed E-state index contributed by atoms with van der Waals surface area (Å²) in [5, 5.41) is 0. The van der Waals surface area contributed by atoms with Crippen molar-refractivity contribution in [1.29, 1.82) is 0 Å². The number of hydrogen-bond acceptors (Lipinski definition) is 4. The van der Waals surface area contributed by atoms with Crippen LogP contribution < -0.4 is 0 Å². The molecule has 0 radical (unpaired) electrons. The fourth-order valence-corrected chi connectivity index (χ4v) is 1.57. The van der Waals surface area contributed by atoms with Gasteiger partial charge in [0.05, 0.1) is 12.5 Å². The minimum absolute atomic E-state index is 0.854. The topological polar surface area (TPSA) is 52.6 Å². The Labute approximate surface area is 128 Å². The molecule has 2 aromatic rings. The van der Waals surface area contributed by atoms with Crippen molar-refractivity contribution in [3.8, 4) is 0 Å². The van der Waals surface area contributed by atoms with Gasteiger partial charge in [-0.25, -0.2) is 9.59 Å². The summed E-state index contributed by atoms with van der Waals surface area (Å²) in [4.78, 5) is 22.8. The van der Waals surface area contributed by atoms with Gasteiger partial charge in [-0.2, -0.15) is 0 Å². The summed E-state index contributed by atoms with van der Waals surface area (Å²) in [5.74, 6) is -2.16. The number of hydrogen-bond donors (Lipinski definition) is 0. The van der Waals surface area contributed by atoms with Crippen LogP contribution in [0, 0.1) is 0 Å². The summed E-state index contributed by atoms with van der Waals surface area (Å²) in [5.41, 5.74) is 1.71. The molecule has 0 N–H and O–H groups in total. The molecule has 110 valence electrons. The number of benzene rings is 2. The molecule has 0 unspecified atom stereocenters. The highest BCUT2D eigenvalue weighted by Gasteiger charge is 2.14. The third-order valence-corrected chi connectivity index (χ3v) is 2.64. The van der Waals surface area contributed by atoms with Gasteiger partial charge in [-0.1, -0.05) is 60.7 Å². The summed E-state index contributed by atoms with van der Waals surface area (Å²) in [6.07, 6.45) is 5.45. The van der Waals surface area contributed by atoms with E-state index in [-0.39, 0.29) is 0 Å². The SMILES string of the molecule is O=C(OC=Cc1ccccc1)C(=O)OC=Cc1ccccc1. The largest absolute Gasteiger partial charge is 0.426 e.